The smallest absolute Gasteiger partial charge is 0.328 e. The minimum atomic E-state index is -0.999. The molecule has 1 N–H and O–H groups in total. The maximum absolute atomic E-state index is 10.5. The van der Waals surface area contributed by atoms with Gasteiger partial charge in [-0.25, -0.2) is 4.79 Å². The number of hydrogen-bond donors (Lipinski definition) is 1. The highest BCUT2D eigenvalue weighted by Gasteiger charge is 2.04. The van der Waals surface area contributed by atoms with E-state index in [0.29, 0.717) is 30.3 Å². The molecule has 0 fully saturated rings. The van der Waals surface area contributed by atoms with Crippen LogP contribution in [0.15, 0.2) is 24.3 Å². The van der Waals surface area contributed by atoms with E-state index in [1.165, 1.54) is 6.08 Å². The summed E-state index contributed by atoms with van der Waals surface area (Å²) in [5.74, 6) is 0.253. The minimum absolute atomic E-state index is 0.495. The van der Waals surface area contributed by atoms with Crippen LogP contribution in [-0.4, -0.2) is 38.5 Å². The first-order valence-corrected chi connectivity index (χ1v) is 5.88. The molecule has 0 spiro atoms. The number of ether oxygens (including phenoxy) is 3. The van der Waals surface area contributed by atoms with Gasteiger partial charge in [0.25, 0.3) is 0 Å². The van der Waals surface area contributed by atoms with Crippen LogP contribution in [0.25, 0.3) is 6.08 Å². The Hall–Kier alpha value is -2.01. The molecular formula is C14H18O5. The fourth-order valence-electron chi connectivity index (χ4n) is 1.45. The van der Waals surface area contributed by atoms with Gasteiger partial charge in [-0.05, 0) is 18.2 Å². The van der Waals surface area contributed by atoms with Gasteiger partial charge in [0, 0.05) is 37.8 Å². The average molecular weight is 266 g/mol. The zero-order valence-corrected chi connectivity index (χ0v) is 11.1. The van der Waals surface area contributed by atoms with Crippen molar-refractivity contribution in [3.63, 3.8) is 0 Å². The van der Waals surface area contributed by atoms with Gasteiger partial charge in [-0.1, -0.05) is 0 Å². The third kappa shape index (κ3) is 5.44. The summed E-state index contributed by atoms with van der Waals surface area (Å²) in [6, 6.07) is 5.24. The van der Waals surface area contributed by atoms with Crippen molar-refractivity contribution in [2.45, 2.75) is 6.42 Å². The van der Waals surface area contributed by atoms with Gasteiger partial charge in [0.2, 0.25) is 0 Å². The zero-order chi connectivity index (χ0) is 14.1. The molecule has 0 bridgehead atoms. The second-order valence-electron chi connectivity index (χ2n) is 3.77. The Morgan fingerprint density at radius 3 is 2.74 bits per heavy atom. The largest absolute Gasteiger partial charge is 0.497 e. The van der Waals surface area contributed by atoms with Crippen molar-refractivity contribution in [1.82, 2.24) is 0 Å². The lowest BCUT2D eigenvalue weighted by molar-refractivity contribution is -0.131. The molecule has 104 valence electrons. The van der Waals surface area contributed by atoms with Crippen LogP contribution in [0, 0.1) is 0 Å². The Morgan fingerprint density at radius 2 is 2.11 bits per heavy atom. The van der Waals surface area contributed by atoms with Crippen LogP contribution in [-0.2, 0) is 9.53 Å². The first-order valence-electron chi connectivity index (χ1n) is 5.88. The number of carboxylic acids is 1. The molecule has 0 aromatic heterocycles. The number of carboxylic acid groups (broad SMARTS) is 1. The standard InChI is InChI=1S/C14H18O5/c1-17-8-3-9-19-13-10-12(18-2)6-4-11(13)5-7-14(15)16/h4-7,10H,3,8-9H2,1-2H3,(H,15,16)/b7-5+. The third-order valence-electron chi connectivity index (χ3n) is 2.38. The van der Waals surface area contributed by atoms with Gasteiger partial charge in [0.05, 0.1) is 13.7 Å². The topological polar surface area (TPSA) is 65.0 Å². The summed E-state index contributed by atoms with van der Waals surface area (Å²) >= 11 is 0. The maximum atomic E-state index is 10.5. The van der Waals surface area contributed by atoms with E-state index in [2.05, 4.69) is 0 Å². The van der Waals surface area contributed by atoms with Crippen LogP contribution >= 0.6 is 0 Å². The second kappa shape index (κ2) is 8.16. The fourth-order valence-corrected chi connectivity index (χ4v) is 1.45. The molecule has 0 amide bonds. The van der Waals surface area contributed by atoms with Crippen molar-refractivity contribution >= 4 is 12.0 Å². The van der Waals surface area contributed by atoms with Gasteiger partial charge in [0.1, 0.15) is 11.5 Å². The second-order valence-corrected chi connectivity index (χ2v) is 3.77. The van der Waals surface area contributed by atoms with Crippen LogP contribution in [0.1, 0.15) is 12.0 Å². The van der Waals surface area contributed by atoms with Crippen LogP contribution in [0.2, 0.25) is 0 Å². The zero-order valence-electron chi connectivity index (χ0n) is 11.1. The van der Waals surface area contributed by atoms with Gasteiger partial charge in [-0.3, -0.25) is 0 Å². The molecule has 1 rings (SSSR count). The Balaban J connectivity index is 2.80. The summed E-state index contributed by atoms with van der Waals surface area (Å²) < 4.78 is 15.7. The molecule has 0 atom stereocenters. The first-order chi connectivity index (χ1) is 9.17. The SMILES string of the molecule is COCCCOc1cc(OC)ccc1/C=C/C(=O)O. The van der Waals surface area contributed by atoms with E-state index in [4.69, 9.17) is 19.3 Å². The highest BCUT2D eigenvalue weighted by Crippen LogP contribution is 2.26. The molecule has 0 saturated carbocycles. The molecule has 0 aliphatic heterocycles. The van der Waals surface area contributed by atoms with E-state index in [1.54, 1.807) is 32.4 Å². The molecule has 0 unspecified atom stereocenters. The maximum Gasteiger partial charge on any atom is 0.328 e. The van der Waals surface area contributed by atoms with Gasteiger partial charge in [-0.15, -0.1) is 0 Å². The van der Waals surface area contributed by atoms with Gasteiger partial charge in [0.15, 0.2) is 0 Å². The predicted octanol–water partition coefficient (Wildman–Crippen LogP) is 2.21. The molecule has 19 heavy (non-hydrogen) atoms. The number of hydrogen-bond acceptors (Lipinski definition) is 4. The van der Waals surface area contributed by atoms with Crippen molar-refractivity contribution in [2.24, 2.45) is 0 Å². The van der Waals surface area contributed by atoms with E-state index < -0.39 is 5.97 Å². The number of benzene rings is 1. The first kappa shape index (κ1) is 15.0. The number of methoxy groups -OCH3 is 2. The lowest BCUT2D eigenvalue weighted by atomic mass is 10.1. The molecule has 5 nitrogen and oxygen atoms in total. The van der Waals surface area contributed by atoms with E-state index in [1.807, 2.05) is 0 Å². The van der Waals surface area contributed by atoms with E-state index in [0.717, 1.165) is 12.5 Å². The van der Waals surface area contributed by atoms with Crippen LogP contribution in [0.3, 0.4) is 0 Å². The Bertz CT molecular complexity index is 439. The van der Waals surface area contributed by atoms with Crippen molar-refractivity contribution in [1.29, 1.82) is 0 Å². The number of rotatable bonds is 8. The van der Waals surface area contributed by atoms with Crippen molar-refractivity contribution in [3.8, 4) is 11.5 Å². The summed E-state index contributed by atoms with van der Waals surface area (Å²) in [6.45, 7) is 1.11. The molecule has 0 aliphatic carbocycles. The summed E-state index contributed by atoms with van der Waals surface area (Å²) in [7, 11) is 3.20. The highest BCUT2D eigenvalue weighted by molar-refractivity contribution is 5.86. The van der Waals surface area contributed by atoms with Gasteiger partial charge < -0.3 is 19.3 Å². The lowest BCUT2D eigenvalue weighted by Crippen LogP contribution is -2.02. The quantitative estimate of drug-likeness (QED) is 0.577. The van der Waals surface area contributed by atoms with Crippen molar-refractivity contribution < 1.29 is 24.1 Å². The molecule has 0 aliphatic rings. The fraction of sp³-hybridized carbons (Fsp3) is 0.357. The molecule has 1 aromatic carbocycles. The Kier molecular flexibility index (Phi) is 6.46. The molecule has 0 radical (unpaired) electrons. The molecule has 0 heterocycles. The Labute approximate surface area is 112 Å². The van der Waals surface area contributed by atoms with Crippen LogP contribution < -0.4 is 9.47 Å². The van der Waals surface area contributed by atoms with Crippen molar-refractivity contribution in [3.05, 3.63) is 29.8 Å². The normalized spacial score (nSPS) is 10.6. The Morgan fingerprint density at radius 1 is 1.32 bits per heavy atom. The highest BCUT2D eigenvalue weighted by atomic mass is 16.5. The van der Waals surface area contributed by atoms with E-state index in [9.17, 15) is 4.79 Å². The van der Waals surface area contributed by atoms with Crippen LogP contribution in [0.4, 0.5) is 0 Å². The summed E-state index contributed by atoms with van der Waals surface area (Å²) in [5.41, 5.74) is 0.695. The van der Waals surface area contributed by atoms with Gasteiger partial charge in [-0.2, -0.15) is 0 Å². The molecule has 0 saturated heterocycles. The number of aliphatic carboxylic acids is 1. The molecule has 1 aromatic rings. The third-order valence-corrected chi connectivity index (χ3v) is 2.38. The summed E-state index contributed by atoms with van der Waals surface area (Å²) in [4.78, 5) is 10.5. The van der Waals surface area contributed by atoms with Gasteiger partial charge >= 0.3 is 5.97 Å². The average Bonchev–Trinajstić information content (AvgIpc) is 2.41. The molecule has 5 heteroatoms. The lowest BCUT2D eigenvalue weighted by Gasteiger charge is -2.10. The van der Waals surface area contributed by atoms with E-state index in [-0.39, 0.29) is 0 Å². The predicted molar refractivity (Wildman–Crippen MR) is 71.7 cm³/mol. The minimum Gasteiger partial charge on any atom is -0.497 e. The summed E-state index contributed by atoms with van der Waals surface area (Å²) in [6.07, 6.45) is 3.33. The number of carbonyl (C=O) groups is 1. The van der Waals surface area contributed by atoms with Crippen molar-refractivity contribution in [2.75, 3.05) is 27.4 Å². The van der Waals surface area contributed by atoms with E-state index >= 15 is 0 Å². The molecular weight excluding hydrogens is 248 g/mol. The van der Waals surface area contributed by atoms with Crippen LogP contribution in [0.5, 0.6) is 11.5 Å². The summed E-state index contributed by atoms with van der Waals surface area (Å²) in [5, 5.41) is 8.64. The monoisotopic (exact) mass is 266 g/mol.